The van der Waals surface area contributed by atoms with Crippen molar-refractivity contribution in [1.82, 2.24) is 0 Å². The smallest absolute Gasteiger partial charge is 0.338 e. The fourth-order valence-corrected chi connectivity index (χ4v) is 9.28. The molecule has 6 heteroatoms. The lowest BCUT2D eigenvalue weighted by Gasteiger charge is -2.43. The summed E-state index contributed by atoms with van der Waals surface area (Å²) in [6.45, 7) is 6.82. The number of hydrogen-bond acceptors (Lipinski definition) is 5. The van der Waals surface area contributed by atoms with E-state index in [0.29, 0.717) is 5.56 Å². The van der Waals surface area contributed by atoms with Crippen LogP contribution in [0.15, 0.2) is 91.0 Å². The molecule has 0 bridgehead atoms. The molecule has 0 aliphatic carbocycles. The zero-order valence-corrected chi connectivity index (χ0v) is 20.9. The Hall–Kier alpha value is -2.77. The third kappa shape index (κ3) is 5.00. The summed E-state index contributed by atoms with van der Waals surface area (Å²) in [5.41, 5.74) is 0.468. The summed E-state index contributed by atoms with van der Waals surface area (Å²) in [6, 6.07) is 29.5. The SMILES string of the molecule is CC(C)(C)[Si](OC[C@@H]1OC(O)CC1OC(=O)c1ccccc1)(c1ccccc1)c1ccccc1. The summed E-state index contributed by atoms with van der Waals surface area (Å²) in [5.74, 6) is -0.432. The van der Waals surface area contributed by atoms with Crippen molar-refractivity contribution >= 4 is 24.7 Å². The summed E-state index contributed by atoms with van der Waals surface area (Å²) in [7, 11) is -2.77. The Bertz CT molecular complexity index is 1030. The van der Waals surface area contributed by atoms with Crippen molar-refractivity contribution in [3.8, 4) is 0 Å². The second-order valence-corrected chi connectivity index (χ2v) is 14.0. The molecule has 1 heterocycles. The molecule has 1 N–H and O–H groups in total. The molecule has 0 aromatic heterocycles. The van der Waals surface area contributed by atoms with Gasteiger partial charge in [-0.25, -0.2) is 4.79 Å². The van der Waals surface area contributed by atoms with Gasteiger partial charge in [0.25, 0.3) is 8.32 Å². The van der Waals surface area contributed by atoms with E-state index >= 15 is 0 Å². The number of carbonyl (C=O) groups excluding carboxylic acids is 1. The van der Waals surface area contributed by atoms with Crippen LogP contribution in [0.4, 0.5) is 0 Å². The molecule has 3 aromatic rings. The van der Waals surface area contributed by atoms with Gasteiger partial charge in [0.05, 0.1) is 12.2 Å². The van der Waals surface area contributed by atoms with Crippen molar-refractivity contribution in [1.29, 1.82) is 0 Å². The molecule has 34 heavy (non-hydrogen) atoms. The van der Waals surface area contributed by atoms with Crippen molar-refractivity contribution in [2.45, 2.75) is 50.7 Å². The number of benzene rings is 3. The second kappa shape index (κ2) is 10.2. The van der Waals surface area contributed by atoms with Crippen LogP contribution in [0.1, 0.15) is 37.6 Å². The van der Waals surface area contributed by atoms with Gasteiger partial charge in [-0.3, -0.25) is 0 Å². The van der Waals surface area contributed by atoms with Crippen molar-refractivity contribution in [3.63, 3.8) is 0 Å². The maximum absolute atomic E-state index is 12.7. The molecule has 5 nitrogen and oxygen atoms in total. The Labute approximate surface area is 202 Å². The zero-order valence-electron chi connectivity index (χ0n) is 19.9. The Kier molecular flexibility index (Phi) is 7.33. The van der Waals surface area contributed by atoms with Gasteiger partial charge < -0.3 is 19.0 Å². The molecule has 3 atom stereocenters. The molecule has 1 aliphatic heterocycles. The molecular weight excluding hydrogens is 444 g/mol. The van der Waals surface area contributed by atoms with Crippen LogP contribution in [0.5, 0.6) is 0 Å². The molecule has 0 saturated carbocycles. The third-order valence-electron chi connectivity index (χ3n) is 6.33. The van der Waals surface area contributed by atoms with E-state index in [0.717, 1.165) is 10.4 Å². The van der Waals surface area contributed by atoms with Gasteiger partial charge in [0.15, 0.2) is 6.29 Å². The minimum atomic E-state index is -2.77. The molecule has 0 radical (unpaired) electrons. The fourth-order valence-electron chi connectivity index (χ4n) is 4.71. The monoisotopic (exact) mass is 476 g/mol. The van der Waals surface area contributed by atoms with Gasteiger partial charge in [-0.05, 0) is 27.5 Å². The highest BCUT2D eigenvalue weighted by Gasteiger charge is 2.51. The summed E-state index contributed by atoms with van der Waals surface area (Å²) in [4.78, 5) is 12.7. The minimum absolute atomic E-state index is 0.191. The van der Waals surface area contributed by atoms with E-state index in [-0.39, 0.29) is 18.1 Å². The van der Waals surface area contributed by atoms with Gasteiger partial charge in [0, 0.05) is 6.42 Å². The minimum Gasteiger partial charge on any atom is -0.456 e. The quantitative estimate of drug-likeness (QED) is 0.414. The Balaban J connectivity index is 1.62. The largest absolute Gasteiger partial charge is 0.456 e. The van der Waals surface area contributed by atoms with E-state index < -0.39 is 32.8 Å². The highest BCUT2D eigenvalue weighted by Crippen LogP contribution is 2.37. The molecule has 3 aromatic carbocycles. The van der Waals surface area contributed by atoms with E-state index in [2.05, 4.69) is 45.0 Å². The topological polar surface area (TPSA) is 65.0 Å². The van der Waals surface area contributed by atoms with Crippen LogP contribution in [0, 0.1) is 0 Å². The van der Waals surface area contributed by atoms with Crippen molar-refractivity contribution < 1.29 is 23.8 Å². The summed E-state index contributed by atoms with van der Waals surface area (Å²) >= 11 is 0. The van der Waals surface area contributed by atoms with Gasteiger partial charge in [0.2, 0.25) is 0 Å². The first-order valence-corrected chi connectivity index (χ1v) is 13.6. The van der Waals surface area contributed by atoms with Gasteiger partial charge in [-0.2, -0.15) is 0 Å². The Morgan fingerprint density at radius 3 is 1.91 bits per heavy atom. The first-order chi connectivity index (χ1) is 16.3. The predicted molar refractivity (Wildman–Crippen MR) is 135 cm³/mol. The molecule has 1 aliphatic rings. The number of ether oxygens (including phenoxy) is 2. The number of esters is 1. The number of rotatable bonds is 7. The van der Waals surface area contributed by atoms with E-state index in [1.165, 1.54) is 0 Å². The zero-order chi connectivity index (χ0) is 24.2. The standard InChI is InChI=1S/C28H32O5Si/c1-28(2,3)34(22-15-9-5-10-16-22,23-17-11-6-12-18-23)31-20-25-24(19-26(29)32-25)33-27(30)21-13-7-4-8-14-21/h4-18,24-26,29H,19-20H2,1-3H3/t24?,25-,26?/m0/s1. The third-order valence-corrected chi connectivity index (χ3v) is 11.3. The second-order valence-electron chi connectivity index (χ2n) is 9.65. The van der Waals surface area contributed by atoms with Crippen LogP contribution in [0.25, 0.3) is 0 Å². The van der Waals surface area contributed by atoms with E-state index in [1.54, 1.807) is 24.3 Å². The van der Waals surface area contributed by atoms with Crippen LogP contribution in [-0.2, 0) is 13.9 Å². The molecule has 0 spiro atoms. The number of aliphatic hydroxyl groups excluding tert-OH is 1. The van der Waals surface area contributed by atoms with Gasteiger partial charge >= 0.3 is 5.97 Å². The fraction of sp³-hybridized carbons (Fsp3) is 0.321. The van der Waals surface area contributed by atoms with Crippen molar-refractivity contribution in [2.75, 3.05) is 6.61 Å². The highest BCUT2D eigenvalue weighted by atomic mass is 28.4. The molecule has 1 saturated heterocycles. The van der Waals surface area contributed by atoms with Crippen LogP contribution >= 0.6 is 0 Å². The lowest BCUT2D eigenvalue weighted by Crippen LogP contribution is -2.67. The normalized spacial score (nSPS) is 20.8. The van der Waals surface area contributed by atoms with Gasteiger partial charge in [-0.15, -0.1) is 0 Å². The molecule has 2 unspecified atom stereocenters. The van der Waals surface area contributed by atoms with Crippen LogP contribution in [0.2, 0.25) is 5.04 Å². The van der Waals surface area contributed by atoms with Gasteiger partial charge in [0.1, 0.15) is 12.2 Å². The summed E-state index contributed by atoms with van der Waals surface area (Å²) < 4.78 is 18.4. The number of aliphatic hydroxyl groups is 1. The van der Waals surface area contributed by atoms with Crippen molar-refractivity contribution in [3.05, 3.63) is 96.6 Å². The van der Waals surface area contributed by atoms with E-state index in [4.69, 9.17) is 13.9 Å². The number of carbonyl (C=O) groups is 1. The van der Waals surface area contributed by atoms with Gasteiger partial charge in [-0.1, -0.05) is 99.6 Å². The van der Waals surface area contributed by atoms with Crippen LogP contribution < -0.4 is 10.4 Å². The lowest BCUT2D eigenvalue weighted by atomic mass is 10.2. The van der Waals surface area contributed by atoms with E-state index in [9.17, 15) is 9.90 Å². The molecule has 0 amide bonds. The molecular formula is C28H32O5Si. The summed E-state index contributed by atoms with van der Waals surface area (Å²) in [5, 5.41) is 12.3. The molecule has 1 fully saturated rings. The molecule has 178 valence electrons. The maximum atomic E-state index is 12.7. The predicted octanol–water partition coefficient (Wildman–Crippen LogP) is 3.90. The number of hydrogen-bond donors (Lipinski definition) is 1. The molecule has 4 rings (SSSR count). The highest BCUT2D eigenvalue weighted by molar-refractivity contribution is 6.99. The van der Waals surface area contributed by atoms with E-state index in [1.807, 2.05) is 42.5 Å². The first kappa shape index (κ1) is 24.4. The summed E-state index contributed by atoms with van der Waals surface area (Å²) in [6.07, 6.45) is -1.94. The average Bonchev–Trinajstić information content (AvgIpc) is 3.19. The van der Waals surface area contributed by atoms with Crippen LogP contribution in [-0.4, -0.2) is 44.5 Å². The lowest BCUT2D eigenvalue weighted by molar-refractivity contribution is -0.106. The Morgan fingerprint density at radius 2 is 1.41 bits per heavy atom. The first-order valence-electron chi connectivity index (χ1n) is 11.7. The average molecular weight is 477 g/mol. The van der Waals surface area contributed by atoms with Crippen molar-refractivity contribution in [2.24, 2.45) is 0 Å². The van der Waals surface area contributed by atoms with Crippen LogP contribution in [0.3, 0.4) is 0 Å². The Morgan fingerprint density at radius 1 is 0.912 bits per heavy atom. The maximum Gasteiger partial charge on any atom is 0.338 e.